The lowest BCUT2D eigenvalue weighted by atomic mass is 9.93. The normalized spacial score (nSPS) is 32.4. The van der Waals surface area contributed by atoms with Crippen LogP contribution in [0.5, 0.6) is 0 Å². The van der Waals surface area contributed by atoms with Gasteiger partial charge in [-0.3, -0.25) is 0 Å². The molecule has 4 heteroatoms. The van der Waals surface area contributed by atoms with Gasteiger partial charge in [0, 0.05) is 24.2 Å². The van der Waals surface area contributed by atoms with E-state index in [-0.39, 0.29) is 17.0 Å². The summed E-state index contributed by atoms with van der Waals surface area (Å²) >= 11 is 7.07. The molecule has 3 aliphatic rings. The maximum Gasteiger partial charge on any atom is 0.163 e. The molecule has 2 aliphatic carbocycles. The largest absolute Gasteiger partial charge is 1.00 e. The minimum absolute atomic E-state index is 0. The highest BCUT2D eigenvalue weighted by molar-refractivity contribution is 8.04. The number of halogens is 1. The molecule has 1 aliphatic heterocycles. The van der Waals surface area contributed by atoms with Crippen LogP contribution in [-0.4, -0.2) is 4.87 Å². The summed E-state index contributed by atoms with van der Waals surface area (Å²) in [5.74, 6) is 0. The van der Waals surface area contributed by atoms with Crippen molar-refractivity contribution in [2.45, 2.75) is 62.7 Å². The Labute approximate surface area is 119 Å². The van der Waals surface area contributed by atoms with Gasteiger partial charge in [0.1, 0.15) is 5.70 Å². The predicted octanol–water partition coefficient (Wildman–Crippen LogP) is -0.0871. The molecule has 92 valence electrons. The molecule has 1 atom stereocenters. The summed E-state index contributed by atoms with van der Waals surface area (Å²) in [7, 11) is 0. The second kappa shape index (κ2) is 5.25. The van der Waals surface area contributed by atoms with E-state index in [1.54, 1.807) is 10.6 Å². The Morgan fingerprint density at radius 1 is 1.00 bits per heavy atom. The molecule has 0 aromatic heterocycles. The van der Waals surface area contributed by atoms with E-state index in [0.717, 1.165) is 0 Å². The van der Waals surface area contributed by atoms with E-state index in [9.17, 15) is 0 Å². The maximum absolute atomic E-state index is 4.88. The van der Waals surface area contributed by atoms with Crippen molar-refractivity contribution in [1.29, 1.82) is 0 Å². The summed E-state index contributed by atoms with van der Waals surface area (Å²) in [6.07, 6.45) is 12.5. The quantitative estimate of drug-likeness (QED) is 0.591. The zero-order chi connectivity index (χ0) is 10.3. The van der Waals surface area contributed by atoms with Gasteiger partial charge < -0.3 is 17.0 Å². The second-order valence-electron chi connectivity index (χ2n) is 5.11. The van der Waals surface area contributed by atoms with Crippen LogP contribution >= 0.6 is 24.6 Å². The van der Waals surface area contributed by atoms with Crippen molar-refractivity contribution in [2.75, 3.05) is 0 Å². The zero-order valence-electron chi connectivity index (χ0n) is 9.60. The molecule has 0 saturated heterocycles. The molecule has 0 amide bonds. The highest BCUT2D eigenvalue weighted by Crippen LogP contribution is 2.48. The fraction of sp³-hybridized carbons (Fsp3) is 0.833. The number of hydrogen-bond acceptors (Lipinski definition) is 2. The third kappa shape index (κ3) is 2.11. The highest BCUT2D eigenvalue weighted by atomic mass is 79.9. The first-order chi connectivity index (χ1) is 7.32. The third-order valence-electron chi connectivity index (χ3n) is 4.11. The number of hydrogen-bond donors (Lipinski definition) is 2. The van der Waals surface area contributed by atoms with Gasteiger partial charge in [0.15, 0.2) is 4.87 Å². The Morgan fingerprint density at radius 3 is 2.38 bits per heavy atom. The lowest BCUT2D eigenvalue weighted by Gasteiger charge is -2.34. The Bertz CT molecular complexity index is 297. The summed E-state index contributed by atoms with van der Waals surface area (Å²) in [6, 6.07) is 0. The van der Waals surface area contributed by atoms with Gasteiger partial charge in [0.05, 0.1) is 12.8 Å². The molecule has 1 heterocycles. The first-order valence-corrected chi connectivity index (χ1v) is 7.56. The van der Waals surface area contributed by atoms with E-state index >= 15 is 0 Å². The topological polar surface area (TPSA) is 4.44 Å². The number of thiol groups is 1. The van der Waals surface area contributed by atoms with Gasteiger partial charge in [-0.05, 0) is 32.1 Å². The van der Waals surface area contributed by atoms with Crippen LogP contribution in [-0.2, 0) is 0 Å². The molecule has 0 bridgehead atoms. The molecule has 1 N–H and O–H groups in total. The van der Waals surface area contributed by atoms with Gasteiger partial charge in [0.25, 0.3) is 0 Å². The van der Waals surface area contributed by atoms with E-state index in [0.29, 0.717) is 4.87 Å². The number of rotatable bonds is 0. The minimum Gasteiger partial charge on any atom is -1.00 e. The summed E-state index contributed by atoms with van der Waals surface area (Å²) in [4.78, 5) is 2.14. The molecule has 3 rings (SSSR count). The van der Waals surface area contributed by atoms with Gasteiger partial charge in [-0.1, -0.05) is 18.2 Å². The Hall–Kier alpha value is 0.880. The lowest BCUT2D eigenvalue weighted by Crippen LogP contribution is -3.09. The number of quaternary nitrogens is 1. The van der Waals surface area contributed by atoms with Crippen LogP contribution in [0.4, 0.5) is 0 Å². The van der Waals surface area contributed by atoms with E-state index < -0.39 is 0 Å². The average Bonchev–Trinajstić information content (AvgIpc) is 2.54. The van der Waals surface area contributed by atoms with Gasteiger partial charge >= 0.3 is 0 Å². The zero-order valence-corrected chi connectivity index (χ0v) is 12.9. The van der Waals surface area contributed by atoms with E-state index in [4.69, 9.17) is 12.8 Å². The van der Waals surface area contributed by atoms with Crippen LogP contribution < -0.4 is 21.3 Å². The number of nitrogens with one attached hydrogen (secondary N) is 1. The summed E-state index contributed by atoms with van der Waals surface area (Å²) in [5, 5.41) is 0. The predicted molar refractivity (Wildman–Crippen MR) is 68.8 cm³/mol. The average molecular weight is 322 g/mol. The molecule has 1 nitrogen and oxygen atoms in total. The number of thioether (sulfide) groups is 1. The van der Waals surface area contributed by atoms with Crippen molar-refractivity contribution < 1.29 is 21.3 Å². The fourth-order valence-corrected chi connectivity index (χ4v) is 5.70. The summed E-state index contributed by atoms with van der Waals surface area (Å²) in [6.45, 7) is 0. The monoisotopic (exact) mass is 321 g/mol. The van der Waals surface area contributed by atoms with Crippen LogP contribution in [0.15, 0.2) is 10.6 Å². The molecule has 0 aromatic carbocycles. The molecular weight excluding hydrogens is 302 g/mol. The minimum atomic E-state index is 0. The van der Waals surface area contributed by atoms with Crippen molar-refractivity contribution in [3.8, 4) is 0 Å². The smallest absolute Gasteiger partial charge is 0.163 e. The second-order valence-corrected chi connectivity index (χ2v) is 7.04. The first-order valence-electron chi connectivity index (χ1n) is 6.30. The molecule has 0 aromatic rings. The van der Waals surface area contributed by atoms with Crippen molar-refractivity contribution >= 4 is 24.6 Å². The molecule has 16 heavy (non-hydrogen) atoms. The van der Waals surface area contributed by atoms with Crippen molar-refractivity contribution in [3.05, 3.63) is 10.6 Å². The van der Waals surface area contributed by atoms with Crippen molar-refractivity contribution in [2.24, 2.45) is 0 Å². The standard InChI is InChI=1S/C12H19NS2.BrH/c14-13-10-6-2-3-7-11(10)15-12(13)8-4-1-5-9-12;/h14H,1-9H2;1H. The van der Waals surface area contributed by atoms with E-state index in [1.165, 1.54) is 62.1 Å². The fourth-order valence-electron chi connectivity index (χ4n) is 3.26. The molecule has 1 spiro atoms. The van der Waals surface area contributed by atoms with Crippen LogP contribution in [0.2, 0.25) is 0 Å². The highest BCUT2D eigenvalue weighted by Gasteiger charge is 2.50. The molecule has 1 unspecified atom stereocenters. The van der Waals surface area contributed by atoms with Crippen LogP contribution in [0.25, 0.3) is 0 Å². The van der Waals surface area contributed by atoms with Crippen LogP contribution in [0.1, 0.15) is 57.8 Å². The number of allylic oxidation sites excluding steroid dienone is 2. The third-order valence-corrected chi connectivity index (χ3v) is 6.66. The van der Waals surface area contributed by atoms with E-state index in [1.807, 2.05) is 0 Å². The van der Waals surface area contributed by atoms with Crippen LogP contribution in [0.3, 0.4) is 0 Å². The maximum atomic E-state index is 4.88. The van der Waals surface area contributed by atoms with Crippen molar-refractivity contribution in [1.82, 2.24) is 0 Å². The van der Waals surface area contributed by atoms with Gasteiger partial charge in [0.2, 0.25) is 0 Å². The SMILES string of the molecule is S[NH+]1C2=C(CCCC2)SC12CCCCC2.[Br-]. The Balaban J connectivity index is 0.000000963. The Morgan fingerprint density at radius 2 is 1.69 bits per heavy atom. The molecule has 1 saturated carbocycles. The first kappa shape index (κ1) is 13.3. The van der Waals surface area contributed by atoms with Crippen LogP contribution in [0, 0.1) is 0 Å². The van der Waals surface area contributed by atoms with Crippen molar-refractivity contribution in [3.63, 3.8) is 0 Å². The van der Waals surface area contributed by atoms with Gasteiger partial charge in [-0.2, -0.15) is 0 Å². The summed E-state index contributed by atoms with van der Waals surface area (Å²) < 4.78 is 1.47. The molecule has 1 fully saturated rings. The lowest BCUT2D eigenvalue weighted by molar-refractivity contribution is -0.754. The molecule has 0 radical (unpaired) electrons. The van der Waals surface area contributed by atoms with Gasteiger partial charge in [-0.15, -0.1) is 0 Å². The Kier molecular flexibility index (Phi) is 4.37. The van der Waals surface area contributed by atoms with E-state index in [2.05, 4.69) is 11.8 Å². The summed E-state index contributed by atoms with van der Waals surface area (Å²) in [5.41, 5.74) is 1.65. The molecular formula is C12H20BrNS2. The van der Waals surface area contributed by atoms with Gasteiger partial charge in [-0.25, -0.2) is 4.31 Å².